The summed E-state index contributed by atoms with van der Waals surface area (Å²) in [6.45, 7) is 7.78. The van der Waals surface area contributed by atoms with Gasteiger partial charge in [-0.3, -0.25) is 0 Å². The molecule has 2 rings (SSSR count). The first kappa shape index (κ1) is 13.6. The fourth-order valence-corrected chi connectivity index (χ4v) is 2.11. The van der Waals surface area contributed by atoms with Gasteiger partial charge in [-0.05, 0) is 17.7 Å². The second-order valence-electron chi connectivity index (χ2n) is 5.38. The van der Waals surface area contributed by atoms with Gasteiger partial charge in [-0.1, -0.05) is 19.9 Å². The van der Waals surface area contributed by atoms with Crippen molar-refractivity contribution < 1.29 is 4.42 Å². The summed E-state index contributed by atoms with van der Waals surface area (Å²) in [4.78, 5) is 4.37. The van der Waals surface area contributed by atoms with Crippen LogP contribution in [0.1, 0.15) is 31.7 Å². The topological polar surface area (TPSA) is 61.9 Å². The summed E-state index contributed by atoms with van der Waals surface area (Å²) < 4.78 is 5.49. The van der Waals surface area contributed by atoms with Crippen LogP contribution in [0.15, 0.2) is 22.6 Å². The predicted molar refractivity (Wildman–Crippen MR) is 74.9 cm³/mol. The maximum absolute atomic E-state index is 8.52. The predicted octanol–water partition coefficient (Wildman–Crippen LogP) is 2.92. The molecule has 0 amide bonds. The van der Waals surface area contributed by atoms with Crippen molar-refractivity contribution in [1.29, 1.82) is 5.26 Å². The van der Waals surface area contributed by atoms with E-state index in [9.17, 15) is 0 Å². The fourth-order valence-electron chi connectivity index (χ4n) is 2.11. The molecule has 0 aliphatic heterocycles. The summed E-state index contributed by atoms with van der Waals surface area (Å²) in [5.41, 5.74) is 2.95. The van der Waals surface area contributed by atoms with Crippen molar-refractivity contribution in [3.05, 3.63) is 29.7 Å². The maximum atomic E-state index is 8.52. The molecule has 0 bridgehead atoms. The van der Waals surface area contributed by atoms with E-state index in [1.165, 1.54) is 5.56 Å². The standard InChI is InChI=1S/C15H19N3O/c1-11-18-13-9-12(5-6-14(13)19-11)15(2,3)10-17-8-4-7-16/h5-6,9,17H,4,8,10H2,1-3H3. The van der Waals surface area contributed by atoms with Crippen LogP contribution in [-0.4, -0.2) is 18.1 Å². The molecule has 4 heteroatoms. The summed E-state index contributed by atoms with van der Waals surface area (Å²) in [5.74, 6) is 0.692. The highest BCUT2D eigenvalue weighted by molar-refractivity contribution is 5.73. The van der Waals surface area contributed by atoms with E-state index in [4.69, 9.17) is 9.68 Å². The number of nitrogens with one attached hydrogen (secondary N) is 1. The molecule has 100 valence electrons. The molecule has 0 radical (unpaired) electrons. The second kappa shape index (κ2) is 5.41. The molecule has 19 heavy (non-hydrogen) atoms. The van der Waals surface area contributed by atoms with E-state index in [1.54, 1.807) is 0 Å². The minimum atomic E-state index is -0.00347. The van der Waals surface area contributed by atoms with E-state index in [-0.39, 0.29) is 5.41 Å². The summed E-state index contributed by atoms with van der Waals surface area (Å²) in [6.07, 6.45) is 0.539. The van der Waals surface area contributed by atoms with Crippen molar-refractivity contribution in [3.63, 3.8) is 0 Å². The Kier molecular flexibility index (Phi) is 3.87. The third-order valence-corrected chi connectivity index (χ3v) is 3.26. The Bertz CT molecular complexity index is 607. The Morgan fingerprint density at radius 1 is 1.42 bits per heavy atom. The fraction of sp³-hybridized carbons (Fsp3) is 0.467. The molecule has 2 aromatic rings. The Balaban J connectivity index is 2.15. The van der Waals surface area contributed by atoms with Gasteiger partial charge in [0.2, 0.25) is 0 Å². The van der Waals surface area contributed by atoms with Crippen molar-refractivity contribution >= 4 is 11.1 Å². The molecule has 0 spiro atoms. The molecule has 0 saturated heterocycles. The van der Waals surface area contributed by atoms with Gasteiger partial charge in [0, 0.05) is 31.8 Å². The summed E-state index contributed by atoms with van der Waals surface area (Å²) in [7, 11) is 0. The number of hydrogen-bond acceptors (Lipinski definition) is 4. The highest BCUT2D eigenvalue weighted by Crippen LogP contribution is 2.26. The van der Waals surface area contributed by atoms with Crippen molar-refractivity contribution in [3.8, 4) is 6.07 Å². The van der Waals surface area contributed by atoms with Crippen molar-refractivity contribution in [2.24, 2.45) is 0 Å². The van der Waals surface area contributed by atoms with Gasteiger partial charge in [0.25, 0.3) is 0 Å². The van der Waals surface area contributed by atoms with Gasteiger partial charge < -0.3 is 9.73 Å². The first-order chi connectivity index (χ1) is 9.03. The molecular formula is C15H19N3O. The Morgan fingerprint density at radius 3 is 2.95 bits per heavy atom. The monoisotopic (exact) mass is 257 g/mol. The molecule has 1 N–H and O–H groups in total. The van der Waals surface area contributed by atoms with Gasteiger partial charge in [-0.2, -0.15) is 5.26 Å². The van der Waals surface area contributed by atoms with Crippen LogP contribution in [-0.2, 0) is 5.41 Å². The molecular weight excluding hydrogens is 238 g/mol. The Labute approximate surface area is 113 Å². The third-order valence-electron chi connectivity index (χ3n) is 3.26. The highest BCUT2D eigenvalue weighted by Gasteiger charge is 2.21. The smallest absolute Gasteiger partial charge is 0.192 e. The number of rotatable bonds is 5. The Hall–Kier alpha value is -1.86. The summed E-state index contributed by atoms with van der Waals surface area (Å²) >= 11 is 0. The lowest BCUT2D eigenvalue weighted by atomic mass is 9.84. The van der Waals surface area contributed by atoms with Gasteiger partial charge >= 0.3 is 0 Å². The molecule has 1 aromatic heterocycles. The number of aromatic nitrogens is 1. The molecule has 0 aliphatic rings. The van der Waals surface area contributed by atoms with Crippen LogP contribution in [0.25, 0.3) is 11.1 Å². The first-order valence-corrected chi connectivity index (χ1v) is 6.48. The van der Waals surface area contributed by atoms with Crippen LogP contribution in [0.3, 0.4) is 0 Å². The molecule has 0 atom stereocenters. The molecule has 1 aromatic carbocycles. The van der Waals surface area contributed by atoms with E-state index in [0.717, 1.165) is 24.2 Å². The van der Waals surface area contributed by atoms with Crippen LogP contribution >= 0.6 is 0 Å². The minimum absolute atomic E-state index is 0.00347. The molecule has 0 fully saturated rings. The third kappa shape index (κ3) is 3.12. The lowest BCUT2D eigenvalue weighted by Gasteiger charge is -2.25. The van der Waals surface area contributed by atoms with Gasteiger partial charge in [-0.25, -0.2) is 4.98 Å². The van der Waals surface area contributed by atoms with Gasteiger partial charge in [0.15, 0.2) is 11.5 Å². The Morgan fingerprint density at radius 2 is 2.21 bits per heavy atom. The van der Waals surface area contributed by atoms with Crippen LogP contribution in [0.4, 0.5) is 0 Å². The second-order valence-corrected chi connectivity index (χ2v) is 5.38. The van der Waals surface area contributed by atoms with Crippen molar-refractivity contribution in [2.45, 2.75) is 32.6 Å². The van der Waals surface area contributed by atoms with Gasteiger partial charge in [0.05, 0.1) is 6.07 Å². The SMILES string of the molecule is Cc1nc2cc(C(C)(C)CNCCC#N)ccc2o1. The lowest BCUT2D eigenvalue weighted by molar-refractivity contribution is 0.473. The summed E-state index contributed by atoms with van der Waals surface area (Å²) in [6, 6.07) is 8.27. The molecule has 0 unspecified atom stereocenters. The molecule has 4 nitrogen and oxygen atoms in total. The average Bonchev–Trinajstić information content (AvgIpc) is 2.73. The van der Waals surface area contributed by atoms with Crippen LogP contribution in [0, 0.1) is 18.3 Å². The van der Waals surface area contributed by atoms with Crippen molar-refractivity contribution in [2.75, 3.05) is 13.1 Å². The van der Waals surface area contributed by atoms with E-state index in [1.807, 2.05) is 13.0 Å². The number of nitriles is 1. The van der Waals surface area contributed by atoms with E-state index >= 15 is 0 Å². The molecule has 1 heterocycles. The summed E-state index contributed by atoms with van der Waals surface area (Å²) in [5, 5.41) is 11.8. The normalized spacial score (nSPS) is 11.7. The highest BCUT2D eigenvalue weighted by atomic mass is 16.3. The largest absolute Gasteiger partial charge is 0.441 e. The quantitative estimate of drug-likeness (QED) is 0.836. The maximum Gasteiger partial charge on any atom is 0.192 e. The first-order valence-electron chi connectivity index (χ1n) is 6.48. The van der Waals surface area contributed by atoms with Crippen LogP contribution in [0.5, 0.6) is 0 Å². The lowest BCUT2D eigenvalue weighted by Crippen LogP contribution is -2.33. The van der Waals surface area contributed by atoms with Gasteiger partial charge in [0.1, 0.15) is 5.52 Å². The number of fused-ring (bicyclic) bond motifs is 1. The van der Waals surface area contributed by atoms with Gasteiger partial charge in [-0.15, -0.1) is 0 Å². The van der Waals surface area contributed by atoms with E-state index in [0.29, 0.717) is 12.3 Å². The van der Waals surface area contributed by atoms with Crippen molar-refractivity contribution in [1.82, 2.24) is 10.3 Å². The average molecular weight is 257 g/mol. The zero-order chi connectivity index (χ0) is 13.9. The zero-order valence-corrected chi connectivity index (χ0v) is 11.7. The number of oxazole rings is 1. The number of aryl methyl sites for hydroxylation is 1. The molecule has 0 aliphatic carbocycles. The number of nitrogens with zero attached hydrogens (tertiary/aromatic N) is 2. The number of hydrogen-bond donors (Lipinski definition) is 1. The molecule has 0 saturated carbocycles. The van der Waals surface area contributed by atoms with E-state index < -0.39 is 0 Å². The van der Waals surface area contributed by atoms with E-state index in [2.05, 4.69) is 42.4 Å². The van der Waals surface area contributed by atoms with Crippen LogP contribution in [0.2, 0.25) is 0 Å². The van der Waals surface area contributed by atoms with Crippen LogP contribution < -0.4 is 5.32 Å². The zero-order valence-electron chi connectivity index (χ0n) is 11.7. The minimum Gasteiger partial charge on any atom is -0.441 e. The number of benzene rings is 1.